The van der Waals surface area contributed by atoms with Crippen LogP contribution in [-0.2, 0) is 9.53 Å². The summed E-state index contributed by atoms with van der Waals surface area (Å²) in [6.07, 6.45) is 5.86. The number of fused-ring (bicyclic) bond motifs is 1. The first-order chi connectivity index (χ1) is 9.79. The summed E-state index contributed by atoms with van der Waals surface area (Å²) < 4.78 is 4.91. The zero-order valence-electron chi connectivity index (χ0n) is 11.6. The number of carbonyl (C=O) groups excluding carboxylic acids is 1. The molecule has 2 aromatic rings. The highest BCUT2D eigenvalue weighted by Crippen LogP contribution is 2.32. The van der Waals surface area contributed by atoms with E-state index in [0.29, 0.717) is 5.92 Å². The molecular weight excluding hydrogens is 254 g/mol. The van der Waals surface area contributed by atoms with Crippen molar-refractivity contribution in [3.8, 4) is 0 Å². The van der Waals surface area contributed by atoms with Gasteiger partial charge in [-0.1, -0.05) is 0 Å². The van der Waals surface area contributed by atoms with Gasteiger partial charge in [0.2, 0.25) is 5.91 Å². The molecule has 3 rings (SSSR count). The van der Waals surface area contributed by atoms with Crippen LogP contribution in [0.4, 0.5) is 0 Å². The minimum Gasteiger partial charge on any atom is -0.375 e. The number of carbonyl (C=O) groups is 1. The van der Waals surface area contributed by atoms with E-state index in [-0.39, 0.29) is 12.5 Å². The number of nitrogens with one attached hydrogen (secondary N) is 1. The van der Waals surface area contributed by atoms with E-state index in [4.69, 9.17) is 4.74 Å². The van der Waals surface area contributed by atoms with Crippen molar-refractivity contribution in [3.63, 3.8) is 0 Å². The SMILES string of the molecule is COCC(=O)N1CCC(c2c[nH]c3ncccc23)CC1. The van der Waals surface area contributed by atoms with Crippen LogP contribution in [0.25, 0.3) is 11.0 Å². The van der Waals surface area contributed by atoms with E-state index in [2.05, 4.69) is 22.2 Å². The van der Waals surface area contributed by atoms with Crippen molar-refractivity contribution in [2.75, 3.05) is 26.8 Å². The van der Waals surface area contributed by atoms with Crippen molar-refractivity contribution in [2.24, 2.45) is 0 Å². The fourth-order valence-corrected chi connectivity index (χ4v) is 2.97. The molecule has 1 amide bonds. The van der Waals surface area contributed by atoms with E-state index >= 15 is 0 Å². The van der Waals surface area contributed by atoms with Crippen molar-refractivity contribution in [1.82, 2.24) is 14.9 Å². The number of aromatic amines is 1. The van der Waals surface area contributed by atoms with Crippen molar-refractivity contribution in [2.45, 2.75) is 18.8 Å². The van der Waals surface area contributed by atoms with Gasteiger partial charge in [-0.3, -0.25) is 4.79 Å². The fourth-order valence-electron chi connectivity index (χ4n) is 2.97. The number of pyridine rings is 1. The number of hydrogen-bond acceptors (Lipinski definition) is 3. The Balaban J connectivity index is 1.70. The number of amides is 1. The molecule has 5 nitrogen and oxygen atoms in total. The Morgan fingerprint density at radius 3 is 3.05 bits per heavy atom. The molecule has 1 fully saturated rings. The molecule has 1 N–H and O–H groups in total. The Hall–Kier alpha value is -1.88. The fraction of sp³-hybridized carbons (Fsp3) is 0.467. The first kappa shape index (κ1) is 13.1. The zero-order valence-corrected chi connectivity index (χ0v) is 11.6. The average Bonchev–Trinajstić information content (AvgIpc) is 2.92. The summed E-state index contributed by atoms with van der Waals surface area (Å²) in [5.74, 6) is 0.589. The quantitative estimate of drug-likeness (QED) is 0.929. The highest BCUT2D eigenvalue weighted by atomic mass is 16.5. The standard InChI is InChI=1S/C15H19N3O2/c1-20-10-14(19)18-7-4-11(5-8-18)13-9-17-15-12(13)3-2-6-16-15/h2-3,6,9,11H,4-5,7-8,10H2,1H3,(H,16,17). The summed E-state index contributed by atoms with van der Waals surface area (Å²) in [6, 6.07) is 4.08. The van der Waals surface area contributed by atoms with Gasteiger partial charge >= 0.3 is 0 Å². The molecule has 1 aliphatic heterocycles. The molecule has 1 aliphatic rings. The van der Waals surface area contributed by atoms with Crippen LogP contribution in [0, 0.1) is 0 Å². The van der Waals surface area contributed by atoms with E-state index in [1.165, 1.54) is 10.9 Å². The largest absolute Gasteiger partial charge is 0.375 e. The Labute approximate surface area is 117 Å². The lowest BCUT2D eigenvalue weighted by atomic mass is 9.89. The molecule has 5 heteroatoms. The highest BCUT2D eigenvalue weighted by molar-refractivity contribution is 5.80. The Bertz CT molecular complexity index is 600. The Morgan fingerprint density at radius 1 is 1.50 bits per heavy atom. The maximum Gasteiger partial charge on any atom is 0.248 e. The van der Waals surface area contributed by atoms with Crippen LogP contribution in [0.1, 0.15) is 24.3 Å². The number of likely N-dealkylation sites (tertiary alicyclic amines) is 1. The summed E-state index contributed by atoms with van der Waals surface area (Å²) >= 11 is 0. The van der Waals surface area contributed by atoms with Crippen LogP contribution >= 0.6 is 0 Å². The smallest absolute Gasteiger partial charge is 0.248 e. The molecule has 0 bridgehead atoms. The summed E-state index contributed by atoms with van der Waals surface area (Å²) in [6.45, 7) is 1.79. The molecule has 0 spiro atoms. The van der Waals surface area contributed by atoms with E-state index < -0.39 is 0 Å². The van der Waals surface area contributed by atoms with Crippen LogP contribution in [0.3, 0.4) is 0 Å². The Morgan fingerprint density at radius 2 is 2.30 bits per heavy atom. The van der Waals surface area contributed by atoms with Crippen LogP contribution in [-0.4, -0.2) is 47.6 Å². The lowest BCUT2D eigenvalue weighted by molar-refractivity contribution is -0.136. The van der Waals surface area contributed by atoms with Crippen molar-refractivity contribution < 1.29 is 9.53 Å². The molecule has 2 aromatic heterocycles. The predicted octanol–water partition coefficient (Wildman–Crippen LogP) is 1.92. The topological polar surface area (TPSA) is 58.2 Å². The van der Waals surface area contributed by atoms with Gasteiger partial charge in [-0.05, 0) is 36.5 Å². The lowest BCUT2D eigenvalue weighted by Crippen LogP contribution is -2.39. The van der Waals surface area contributed by atoms with Crippen molar-refractivity contribution in [3.05, 3.63) is 30.1 Å². The van der Waals surface area contributed by atoms with Gasteiger partial charge in [-0.15, -0.1) is 0 Å². The van der Waals surface area contributed by atoms with Gasteiger partial charge in [-0.25, -0.2) is 4.98 Å². The number of H-pyrrole nitrogens is 1. The maximum absolute atomic E-state index is 11.8. The second kappa shape index (κ2) is 5.63. The number of methoxy groups -OCH3 is 1. The van der Waals surface area contributed by atoms with Gasteiger partial charge < -0.3 is 14.6 Å². The molecule has 0 radical (unpaired) electrons. The van der Waals surface area contributed by atoms with Gasteiger partial charge in [0.25, 0.3) is 0 Å². The minimum atomic E-state index is 0.0894. The van der Waals surface area contributed by atoms with Gasteiger partial charge in [0.15, 0.2) is 0 Å². The second-order valence-corrected chi connectivity index (χ2v) is 5.23. The molecule has 0 unspecified atom stereocenters. The minimum absolute atomic E-state index is 0.0894. The van der Waals surface area contributed by atoms with Crippen LogP contribution in [0.15, 0.2) is 24.5 Å². The summed E-state index contributed by atoms with van der Waals surface area (Å²) in [7, 11) is 1.56. The zero-order chi connectivity index (χ0) is 13.9. The van der Waals surface area contributed by atoms with Gasteiger partial charge in [0.05, 0.1) is 0 Å². The van der Waals surface area contributed by atoms with Crippen molar-refractivity contribution >= 4 is 16.9 Å². The normalized spacial score (nSPS) is 16.8. The van der Waals surface area contributed by atoms with E-state index in [1.54, 1.807) is 13.3 Å². The number of hydrogen-bond donors (Lipinski definition) is 1. The molecule has 106 valence electrons. The maximum atomic E-state index is 11.8. The molecule has 0 aliphatic carbocycles. The number of aromatic nitrogens is 2. The van der Waals surface area contributed by atoms with Crippen LogP contribution in [0.2, 0.25) is 0 Å². The van der Waals surface area contributed by atoms with E-state index in [1.807, 2.05) is 11.0 Å². The number of nitrogens with zero attached hydrogens (tertiary/aromatic N) is 2. The van der Waals surface area contributed by atoms with E-state index in [0.717, 1.165) is 31.6 Å². The molecular formula is C15H19N3O2. The predicted molar refractivity (Wildman–Crippen MR) is 76.5 cm³/mol. The van der Waals surface area contributed by atoms with Gasteiger partial charge in [0.1, 0.15) is 12.3 Å². The second-order valence-electron chi connectivity index (χ2n) is 5.23. The number of piperidine rings is 1. The van der Waals surface area contributed by atoms with E-state index in [9.17, 15) is 4.79 Å². The van der Waals surface area contributed by atoms with Gasteiger partial charge in [0, 0.05) is 38.0 Å². The summed E-state index contributed by atoms with van der Waals surface area (Å²) in [4.78, 5) is 21.2. The van der Waals surface area contributed by atoms with Crippen LogP contribution < -0.4 is 0 Å². The number of rotatable bonds is 3. The molecule has 1 saturated heterocycles. The monoisotopic (exact) mass is 273 g/mol. The molecule has 0 saturated carbocycles. The first-order valence-corrected chi connectivity index (χ1v) is 6.98. The molecule has 20 heavy (non-hydrogen) atoms. The highest BCUT2D eigenvalue weighted by Gasteiger charge is 2.25. The molecule has 0 aromatic carbocycles. The third-order valence-electron chi connectivity index (χ3n) is 4.04. The summed E-state index contributed by atoms with van der Waals surface area (Å²) in [5.41, 5.74) is 2.27. The molecule has 3 heterocycles. The average molecular weight is 273 g/mol. The number of ether oxygens (including phenoxy) is 1. The third-order valence-corrected chi connectivity index (χ3v) is 4.04. The molecule has 0 atom stereocenters. The summed E-state index contributed by atoms with van der Waals surface area (Å²) in [5, 5.41) is 1.20. The Kier molecular flexibility index (Phi) is 3.69. The van der Waals surface area contributed by atoms with Crippen LogP contribution in [0.5, 0.6) is 0 Å². The third kappa shape index (κ3) is 2.41. The first-order valence-electron chi connectivity index (χ1n) is 6.98. The van der Waals surface area contributed by atoms with Gasteiger partial charge in [-0.2, -0.15) is 0 Å². The lowest BCUT2D eigenvalue weighted by Gasteiger charge is -2.31. The van der Waals surface area contributed by atoms with Crippen molar-refractivity contribution in [1.29, 1.82) is 0 Å².